The van der Waals surface area contributed by atoms with Gasteiger partial charge in [-0.15, -0.1) is 0 Å². The van der Waals surface area contributed by atoms with Crippen LogP contribution in [0.1, 0.15) is 26.7 Å². The second-order valence-corrected chi connectivity index (χ2v) is 7.26. The summed E-state index contributed by atoms with van der Waals surface area (Å²) in [6, 6.07) is 18.6. The van der Waals surface area contributed by atoms with Gasteiger partial charge in [0.05, 0.1) is 12.6 Å². The minimum Gasteiger partial charge on any atom is -0.497 e. The fraction of sp³-hybridized carbons (Fsp3) is 0.240. The number of nitrogens with zero attached hydrogens (tertiary/aromatic N) is 3. The predicted octanol–water partition coefficient (Wildman–Crippen LogP) is 5.97. The first kappa shape index (κ1) is 19.8. The number of hydrogen-bond donors (Lipinski definition) is 1. The Balaban J connectivity index is 1.86. The van der Waals surface area contributed by atoms with Gasteiger partial charge in [0.15, 0.2) is 5.82 Å². The first-order chi connectivity index (χ1) is 14.7. The summed E-state index contributed by atoms with van der Waals surface area (Å²) in [4.78, 5) is 13.9. The van der Waals surface area contributed by atoms with Crippen molar-refractivity contribution in [3.8, 4) is 28.3 Å². The van der Waals surface area contributed by atoms with Gasteiger partial charge in [0.25, 0.3) is 0 Å². The predicted molar refractivity (Wildman–Crippen MR) is 123 cm³/mol. The molecule has 0 unspecified atom stereocenters. The van der Waals surface area contributed by atoms with Gasteiger partial charge in [-0.1, -0.05) is 32.0 Å². The lowest BCUT2D eigenvalue weighted by atomic mass is 10.0. The Kier molecular flexibility index (Phi) is 5.89. The summed E-state index contributed by atoms with van der Waals surface area (Å²) in [6.07, 6.45) is 5.61. The zero-order valence-electron chi connectivity index (χ0n) is 17.6. The highest BCUT2D eigenvalue weighted by molar-refractivity contribution is 5.94. The molecule has 2 aromatic heterocycles. The maximum Gasteiger partial charge on any atom is 0.163 e. The monoisotopic (exact) mass is 398 g/mol. The van der Waals surface area contributed by atoms with E-state index in [2.05, 4.69) is 48.4 Å². The van der Waals surface area contributed by atoms with Gasteiger partial charge in [0, 0.05) is 29.4 Å². The summed E-state index contributed by atoms with van der Waals surface area (Å²) < 4.78 is 5.39. The third kappa shape index (κ3) is 4.10. The third-order valence-electron chi connectivity index (χ3n) is 5.34. The van der Waals surface area contributed by atoms with Gasteiger partial charge in [-0.3, -0.25) is 4.98 Å². The molecule has 0 saturated carbocycles. The molecule has 5 heteroatoms. The number of fused-ring (bicyclic) bond motifs is 1. The molecule has 2 aromatic carbocycles. The van der Waals surface area contributed by atoms with Crippen LogP contribution in [0.2, 0.25) is 0 Å². The van der Waals surface area contributed by atoms with Gasteiger partial charge in [-0.25, -0.2) is 9.97 Å². The summed E-state index contributed by atoms with van der Waals surface area (Å²) in [5.41, 5.74) is 4.01. The summed E-state index contributed by atoms with van der Waals surface area (Å²) >= 11 is 0. The van der Waals surface area contributed by atoms with Crippen molar-refractivity contribution in [1.29, 1.82) is 0 Å². The maximum atomic E-state index is 5.39. The van der Waals surface area contributed by atoms with Crippen LogP contribution in [0.5, 0.6) is 5.75 Å². The molecular weight excluding hydrogens is 372 g/mol. The number of ether oxygens (including phenoxy) is 1. The smallest absolute Gasteiger partial charge is 0.163 e. The van der Waals surface area contributed by atoms with Crippen LogP contribution in [0.25, 0.3) is 33.4 Å². The van der Waals surface area contributed by atoms with Crippen LogP contribution >= 0.6 is 0 Å². The topological polar surface area (TPSA) is 59.9 Å². The zero-order valence-corrected chi connectivity index (χ0v) is 17.6. The highest BCUT2D eigenvalue weighted by Gasteiger charge is 2.14. The SMILES string of the molecule is CCC(CC)Nc1nc(-c2cccnc2)nc2ccc(-c3cccc(OC)c3)cc12. The van der Waals surface area contributed by atoms with E-state index in [1.165, 1.54) is 0 Å². The van der Waals surface area contributed by atoms with Crippen molar-refractivity contribution in [2.45, 2.75) is 32.7 Å². The Morgan fingerprint density at radius 1 is 0.900 bits per heavy atom. The van der Waals surface area contributed by atoms with E-state index in [4.69, 9.17) is 14.7 Å². The Bertz CT molecular complexity index is 1140. The lowest BCUT2D eigenvalue weighted by Crippen LogP contribution is -2.18. The molecule has 0 bridgehead atoms. The third-order valence-corrected chi connectivity index (χ3v) is 5.34. The van der Waals surface area contributed by atoms with Gasteiger partial charge in [-0.2, -0.15) is 0 Å². The molecule has 0 aliphatic carbocycles. The molecule has 0 spiro atoms. The van der Waals surface area contributed by atoms with Gasteiger partial charge >= 0.3 is 0 Å². The molecule has 5 nitrogen and oxygen atoms in total. The molecule has 4 aromatic rings. The van der Waals surface area contributed by atoms with Gasteiger partial charge in [0.1, 0.15) is 11.6 Å². The van der Waals surface area contributed by atoms with Crippen molar-refractivity contribution < 1.29 is 4.74 Å². The standard InChI is InChI=1S/C25H26N4O/c1-4-20(5-2)27-25-22-15-18(17-8-6-10-21(14-17)30-3)11-12-23(22)28-24(29-25)19-9-7-13-26-16-19/h6-16,20H,4-5H2,1-3H3,(H,27,28,29). The molecule has 4 rings (SSSR count). The molecule has 2 heterocycles. The first-order valence-electron chi connectivity index (χ1n) is 10.3. The average Bonchev–Trinajstić information content (AvgIpc) is 2.82. The fourth-order valence-electron chi connectivity index (χ4n) is 3.53. The normalized spacial score (nSPS) is 11.1. The minimum absolute atomic E-state index is 0.352. The Morgan fingerprint density at radius 2 is 1.70 bits per heavy atom. The van der Waals surface area contributed by atoms with Crippen molar-refractivity contribution in [2.75, 3.05) is 12.4 Å². The number of nitrogens with one attached hydrogen (secondary N) is 1. The van der Waals surface area contributed by atoms with E-state index in [0.29, 0.717) is 11.9 Å². The van der Waals surface area contributed by atoms with Crippen molar-refractivity contribution in [3.63, 3.8) is 0 Å². The van der Waals surface area contributed by atoms with Crippen LogP contribution in [0.15, 0.2) is 67.0 Å². The van der Waals surface area contributed by atoms with Crippen LogP contribution in [0, 0.1) is 0 Å². The molecule has 0 atom stereocenters. The highest BCUT2D eigenvalue weighted by Crippen LogP contribution is 2.31. The van der Waals surface area contributed by atoms with E-state index in [0.717, 1.165) is 52.0 Å². The number of pyridine rings is 1. The summed E-state index contributed by atoms with van der Waals surface area (Å²) in [5, 5.41) is 4.65. The molecule has 0 amide bonds. The van der Waals surface area contributed by atoms with E-state index >= 15 is 0 Å². The molecule has 0 radical (unpaired) electrons. The van der Waals surface area contributed by atoms with Crippen LogP contribution in [0.3, 0.4) is 0 Å². The Hall–Kier alpha value is -3.47. The highest BCUT2D eigenvalue weighted by atomic mass is 16.5. The van der Waals surface area contributed by atoms with Gasteiger partial charge in [-0.05, 0) is 60.4 Å². The second-order valence-electron chi connectivity index (χ2n) is 7.26. The van der Waals surface area contributed by atoms with Gasteiger partial charge < -0.3 is 10.1 Å². The fourth-order valence-corrected chi connectivity index (χ4v) is 3.53. The maximum absolute atomic E-state index is 5.39. The van der Waals surface area contributed by atoms with Crippen LogP contribution in [-0.4, -0.2) is 28.1 Å². The quantitative estimate of drug-likeness (QED) is 0.416. The average molecular weight is 399 g/mol. The van der Waals surface area contributed by atoms with E-state index in [1.54, 1.807) is 19.5 Å². The molecular formula is C25H26N4O. The Labute approximate surface area is 177 Å². The molecule has 30 heavy (non-hydrogen) atoms. The minimum atomic E-state index is 0.352. The number of anilines is 1. The lowest BCUT2D eigenvalue weighted by Gasteiger charge is -2.18. The van der Waals surface area contributed by atoms with E-state index in [1.807, 2.05) is 30.3 Å². The van der Waals surface area contributed by atoms with E-state index in [-0.39, 0.29) is 0 Å². The number of methoxy groups -OCH3 is 1. The van der Waals surface area contributed by atoms with Crippen molar-refractivity contribution in [2.24, 2.45) is 0 Å². The van der Waals surface area contributed by atoms with E-state index < -0.39 is 0 Å². The zero-order chi connectivity index (χ0) is 20.9. The molecule has 0 saturated heterocycles. The van der Waals surface area contributed by atoms with Crippen LogP contribution in [0.4, 0.5) is 5.82 Å². The molecule has 0 aliphatic heterocycles. The summed E-state index contributed by atoms with van der Waals surface area (Å²) in [7, 11) is 1.69. The summed E-state index contributed by atoms with van der Waals surface area (Å²) in [5.74, 6) is 2.38. The second kappa shape index (κ2) is 8.91. The van der Waals surface area contributed by atoms with Crippen molar-refractivity contribution >= 4 is 16.7 Å². The van der Waals surface area contributed by atoms with Crippen molar-refractivity contribution in [3.05, 3.63) is 67.0 Å². The number of hydrogen-bond acceptors (Lipinski definition) is 5. The summed E-state index contributed by atoms with van der Waals surface area (Å²) in [6.45, 7) is 4.38. The van der Waals surface area contributed by atoms with Gasteiger partial charge in [0.2, 0.25) is 0 Å². The number of aromatic nitrogens is 3. The molecule has 0 fully saturated rings. The number of rotatable bonds is 7. The van der Waals surface area contributed by atoms with Crippen LogP contribution in [-0.2, 0) is 0 Å². The Morgan fingerprint density at radius 3 is 2.43 bits per heavy atom. The first-order valence-corrected chi connectivity index (χ1v) is 10.3. The molecule has 0 aliphatic rings. The lowest BCUT2D eigenvalue weighted by molar-refractivity contribution is 0.415. The molecule has 152 valence electrons. The molecule has 1 N–H and O–H groups in total. The van der Waals surface area contributed by atoms with Crippen LogP contribution < -0.4 is 10.1 Å². The number of benzene rings is 2. The van der Waals surface area contributed by atoms with E-state index in [9.17, 15) is 0 Å². The van der Waals surface area contributed by atoms with Crippen molar-refractivity contribution in [1.82, 2.24) is 15.0 Å². The largest absolute Gasteiger partial charge is 0.497 e.